The maximum absolute atomic E-state index is 12.6. The number of fused-ring (bicyclic) bond motifs is 1. The number of imidazole rings is 1. The van der Waals surface area contributed by atoms with Crippen LogP contribution in [0.4, 0.5) is 5.82 Å². The molecule has 2 aromatic heterocycles. The third-order valence-corrected chi connectivity index (χ3v) is 10.9. The van der Waals surface area contributed by atoms with Crippen LogP contribution in [-0.2, 0) is 45.9 Å². The van der Waals surface area contributed by atoms with Crippen LogP contribution in [0.2, 0.25) is 0 Å². The van der Waals surface area contributed by atoms with Crippen molar-refractivity contribution in [1.82, 2.24) is 30.2 Å². The van der Waals surface area contributed by atoms with E-state index in [1.54, 1.807) is 17.8 Å². The highest BCUT2D eigenvalue weighted by Crippen LogP contribution is 2.61. The number of amides is 2. The predicted molar refractivity (Wildman–Crippen MR) is 177 cm³/mol. The van der Waals surface area contributed by atoms with Gasteiger partial charge in [-0.2, -0.15) is 16.1 Å². The molecule has 3 heterocycles. The van der Waals surface area contributed by atoms with Crippen molar-refractivity contribution in [2.24, 2.45) is 5.41 Å². The van der Waals surface area contributed by atoms with Gasteiger partial charge in [0.15, 0.2) is 17.7 Å². The molecule has 0 radical (unpaired) electrons. The molecular weight excluding hydrogens is 767 g/mol. The van der Waals surface area contributed by atoms with E-state index in [4.69, 9.17) is 19.5 Å². The smallest absolute Gasteiger partial charge is 0.386 e. The Balaban J connectivity index is 1.55. The van der Waals surface area contributed by atoms with Crippen molar-refractivity contribution in [3.8, 4) is 0 Å². The maximum atomic E-state index is 12.6. The van der Waals surface area contributed by atoms with Crippen LogP contribution in [0.25, 0.3) is 11.2 Å². The Morgan fingerprint density at radius 3 is 2.49 bits per heavy atom. The molecule has 1 fully saturated rings. The maximum Gasteiger partial charge on any atom is 0.481 e. The molecule has 10 N–H and O–H groups in total. The van der Waals surface area contributed by atoms with Gasteiger partial charge < -0.3 is 50.9 Å². The van der Waals surface area contributed by atoms with E-state index in [0.717, 1.165) is 23.0 Å². The minimum atomic E-state index is -5.54. The summed E-state index contributed by atoms with van der Waals surface area (Å²) in [5.74, 6) is 0.0851. The molecule has 7 atom stereocenters. The largest absolute Gasteiger partial charge is 0.481 e. The Morgan fingerprint density at radius 2 is 1.82 bits per heavy atom. The summed E-state index contributed by atoms with van der Waals surface area (Å²) in [5.41, 5.74) is 4.31. The summed E-state index contributed by atoms with van der Waals surface area (Å²) in [5, 5.41) is 26.4. The highest BCUT2D eigenvalue weighted by Gasteiger charge is 2.50. The van der Waals surface area contributed by atoms with Crippen molar-refractivity contribution in [2.75, 3.05) is 43.5 Å². The fourth-order valence-corrected chi connectivity index (χ4v) is 7.78. The lowest BCUT2D eigenvalue weighted by molar-refractivity contribution is -0.137. The number of nitrogen functional groups attached to an aromatic ring is 1. The van der Waals surface area contributed by atoms with Gasteiger partial charge in [0.05, 0.1) is 19.5 Å². The molecule has 2 aromatic rings. The van der Waals surface area contributed by atoms with Crippen molar-refractivity contribution >= 4 is 64.0 Å². The lowest BCUT2D eigenvalue weighted by Crippen LogP contribution is -2.46. The highest BCUT2D eigenvalue weighted by molar-refractivity contribution is 7.99. The Labute approximate surface area is 294 Å². The molecular formula is C24H40N7O16P3S. The molecule has 0 saturated carbocycles. The van der Waals surface area contributed by atoms with Crippen molar-refractivity contribution in [2.45, 2.75) is 50.9 Å². The summed E-state index contributed by atoms with van der Waals surface area (Å²) in [6.45, 7) is 4.43. The monoisotopic (exact) mass is 807 g/mol. The number of carbonyl (C=O) groups is 2. The quantitative estimate of drug-likeness (QED) is 0.0429. The van der Waals surface area contributed by atoms with E-state index >= 15 is 0 Å². The molecule has 23 nitrogen and oxygen atoms in total. The summed E-state index contributed by atoms with van der Waals surface area (Å²) >= 11 is 1.57. The number of phosphoric acid groups is 3. The van der Waals surface area contributed by atoms with Crippen molar-refractivity contribution in [3.63, 3.8) is 0 Å². The van der Waals surface area contributed by atoms with E-state index in [2.05, 4.69) is 41.0 Å². The number of nitrogens with one attached hydrogen (secondary N) is 2. The van der Waals surface area contributed by atoms with Crippen molar-refractivity contribution in [3.05, 3.63) is 25.3 Å². The number of aliphatic hydroxyl groups excluding tert-OH is 2. The van der Waals surface area contributed by atoms with Crippen LogP contribution >= 0.6 is 35.2 Å². The van der Waals surface area contributed by atoms with Crippen LogP contribution in [0.1, 0.15) is 26.5 Å². The van der Waals surface area contributed by atoms with Gasteiger partial charge in [-0.15, -0.1) is 6.58 Å². The fraction of sp³-hybridized carbons (Fsp3) is 0.625. The molecule has 0 aromatic carbocycles. The fourth-order valence-electron chi connectivity index (χ4n) is 4.37. The first-order valence-corrected chi connectivity index (χ1v) is 20.4. The number of anilines is 1. The number of ether oxygens (including phenoxy) is 1. The van der Waals surface area contributed by atoms with Crippen molar-refractivity contribution < 1.29 is 75.7 Å². The summed E-state index contributed by atoms with van der Waals surface area (Å²) in [4.78, 5) is 75.2. The average Bonchev–Trinajstić information content (AvgIpc) is 3.58. The van der Waals surface area contributed by atoms with E-state index in [9.17, 15) is 53.1 Å². The third kappa shape index (κ3) is 12.9. The first-order chi connectivity index (χ1) is 23.7. The molecule has 0 spiro atoms. The Bertz CT molecular complexity index is 1680. The van der Waals surface area contributed by atoms with E-state index in [1.165, 1.54) is 13.8 Å². The van der Waals surface area contributed by atoms with Crippen LogP contribution in [-0.4, -0.2) is 123 Å². The Morgan fingerprint density at radius 1 is 1.14 bits per heavy atom. The Hall–Kier alpha value is -2.37. The third-order valence-electron chi connectivity index (χ3n) is 6.88. The number of hydrogen-bond acceptors (Lipinski definition) is 17. The molecule has 2 amide bonds. The van der Waals surface area contributed by atoms with E-state index in [-0.39, 0.29) is 35.9 Å². The van der Waals surface area contributed by atoms with Gasteiger partial charge in [-0.25, -0.2) is 28.6 Å². The normalized spacial score (nSPS) is 22.6. The summed E-state index contributed by atoms with van der Waals surface area (Å²) in [6.07, 6.45) is -5.00. The minimum Gasteiger partial charge on any atom is -0.386 e. The van der Waals surface area contributed by atoms with Gasteiger partial charge in [-0.1, -0.05) is 19.9 Å². The molecule has 0 aliphatic carbocycles. The van der Waals surface area contributed by atoms with Crippen molar-refractivity contribution in [1.29, 1.82) is 0 Å². The SMILES string of the molecule is C=CCSCCNC(=O)CCNC(=O)[C@H](O)C(C)(C)COP(=O)(O)OP(=O)(O)OC[C@H]1O[C@@H](n2cnc3c(N)ncnc32)[C@H](O)[C@@H]1OP(=O)(O)O. The number of thioether (sulfide) groups is 1. The Kier molecular flexibility index (Phi) is 15.3. The summed E-state index contributed by atoms with van der Waals surface area (Å²) in [7, 11) is -16.3. The van der Waals surface area contributed by atoms with Gasteiger partial charge in [-0.05, 0) is 0 Å². The number of nitrogens with two attached hydrogens (primary N) is 1. The van der Waals surface area contributed by atoms with Crippen LogP contribution in [0, 0.1) is 5.41 Å². The zero-order valence-electron chi connectivity index (χ0n) is 27.2. The van der Waals surface area contributed by atoms with Gasteiger partial charge in [-0.3, -0.25) is 27.7 Å². The molecule has 1 aliphatic heterocycles. The number of carbonyl (C=O) groups excluding carboxylic acids is 2. The van der Waals surface area contributed by atoms with Crippen LogP contribution < -0.4 is 16.4 Å². The number of phosphoric ester groups is 3. The van der Waals surface area contributed by atoms with Crippen LogP contribution in [0.5, 0.6) is 0 Å². The van der Waals surface area contributed by atoms with Gasteiger partial charge in [0.25, 0.3) is 0 Å². The lowest BCUT2D eigenvalue weighted by Gasteiger charge is -2.30. The number of aromatic nitrogens is 4. The molecule has 288 valence electrons. The van der Waals surface area contributed by atoms with Gasteiger partial charge in [0.2, 0.25) is 11.8 Å². The molecule has 51 heavy (non-hydrogen) atoms. The van der Waals surface area contributed by atoms with Crippen LogP contribution in [0.3, 0.4) is 0 Å². The molecule has 1 saturated heterocycles. The highest BCUT2D eigenvalue weighted by atomic mass is 32.2. The van der Waals surface area contributed by atoms with E-state index in [1.807, 2.05) is 0 Å². The standard InChI is InChI=1S/C24H40N7O16P3S/c1-4-8-51-9-7-26-15(32)5-6-27-22(35)19(34)24(2,3)11-44-50(41,42)47-49(39,40)43-10-14-18(46-48(36,37)38)17(33)23(45-14)31-13-30-16-20(25)28-12-29-21(16)31/h4,12-14,17-19,23,33-34H,1,5-11H2,2-3H3,(H,26,32)(H,27,35)(H,39,40)(H,41,42)(H2,25,28,29)(H2,36,37,38)/t14-,17-,18-,19+,23-/m1/s1. The number of hydrogen-bond donors (Lipinski definition) is 9. The number of nitrogens with zero attached hydrogens (tertiary/aromatic N) is 4. The zero-order valence-corrected chi connectivity index (χ0v) is 30.7. The number of aliphatic hydroxyl groups is 2. The molecule has 3 rings (SSSR count). The lowest BCUT2D eigenvalue weighted by atomic mass is 9.87. The predicted octanol–water partition coefficient (Wildman–Crippen LogP) is -0.676. The molecule has 27 heteroatoms. The van der Waals surface area contributed by atoms with E-state index < -0.39 is 78.6 Å². The van der Waals surface area contributed by atoms with Gasteiger partial charge >= 0.3 is 23.5 Å². The van der Waals surface area contributed by atoms with E-state index in [0.29, 0.717) is 12.3 Å². The zero-order chi connectivity index (χ0) is 38.2. The number of rotatable bonds is 21. The second-order valence-corrected chi connectivity index (χ2v) is 16.8. The van der Waals surface area contributed by atoms with Gasteiger partial charge in [0.1, 0.15) is 36.3 Å². The first kappa shape index (κ1) is 43.0. The minimum absolute atomic E-state index is 0.0360. The topological polar surface area (TPSA) is 347 Å². The average molecular weight is 808 g/mol. The molecule has 2 unspecified atom stereocenters. The molecule has 0 bridgehead atoms. The second kappa shape index (κ2) is 18.1. The van der Waals surface area contributed by atoms with Gasteiger partial charge in [0, 0.05) is 36.4 Å². The first-order valence-electron chi connectivity index (χ1n) is 14.7. The summed E-state index contributed by atoms with van der Waals surface area (Å²) in [6, 6.07) is 0. The second-order valence-electron chi connectivity index (χ2n) is 11.4. The van der Waals surface area contributed by atoms with Crippen LogP contribution in [0.15, 0.2) is 25.3 Å². The molecule has 1 aliphatic rings. The summed E-state index contributed by atoms with van der Waals surface area (Å²) < 4.78 is 61.9.